The Hall–Kier alpha value is -3.17. The van der Waals surface area contributed by atoms with Crippen molar-refractivity contribution in [3.8, 4) is 0 Å². The molecule has 0 unspecified atom stereocenters. The minimum atomic E-state index is -0.736. The van der Waals surface area contributed by atoms with Crippen LogP contribution < -0.4 is 5.43 Å². The molecular formula is C17H10ClN3O5S. The monoisotopic (exact) mass is 403 g/mol. The maximum Gasteiger partial charge on any atom is 0.312 e. The van der Waals surface area contributed by atoms with Crippen molar-refractivity contribution in [1.82, 2.24) is 10.4 Å². The lowest BCUT2D eigenvalue weighted by atomic mass is 10.2. The van der Waals surface area contributed by atoms with E-state index < -0.39 is 22.0 Å². The van der Waals surface area contributed by atoms with E-state index in [0.717, 1.165) is 12.1 Å². The van der Waals surface area contributed by atoms with Gasteiger partial charge in [-0.25, -0.2) is 0 Å². The van der Waals surface area contributed by atoms with Crippen LogP contribution >= 0.6 is 23.4 Å². The number of carbonyl (C=O) groups is 3. The molecule has 2 aromatic carbocycles. The lowest BCUT2D eigenvalue weighted by molar-refractivity contribution is -0.384. The number of hydrogen-bond acceptors (Lipinski definition) is 6. The van der Waals surface area contributed by atoms with Gasteiger partial charge < -0.3 is 0 Å². The Labute approximate surface area is 161 Å². The molecule has 0 atom stereocenters. The van der Waals surface area contributed by atoms with Crippen LogP contribution in [0.25, 0.3) is 6.08 Å². The topological polar surface area (TPSA) is 110 Å². The third kappa shape index (κ3) is 4.15. The third-order valence-electron chi connectivity index (χ3n) is 3.52. The number of nitro groups is 1. The fraction of sp³-hybridized carbons (Fsp3) is 0. The summed E-state index contributed by atoms with van der Waals surface area (Å²) < 4.78 is 0. The quantitative estimate of drug-likeness (QED) is 0.474. The van der Waals surface area contributed by atoms with Gasteiger partial charge in [-0.15, -0.1) is 0 Å². The van der Waals surface area contributed by atoms with Gasteiger partial charge in [-0.1, -0.05) is 23.7 Å². The SMILES string of the molecule is O=C(NN1C(=O)S/C(=C\c2ccc(Cl)cc2)C1=O)c1ccc([N+](=O)[O-])cc1. The van der Waals surface area contributed by atoms with E-state index in [0.29, 0.717) is 27.4 Å². The molecular weight excluding hydrogens is 394 g/mol. The molecule has 27 heavy (non-hydrogen) atoms. The predicted octanol–water partition coefficient (Wildman–Crippen LogP) is 3.63. The summed E-state index contributed by atoms with van der Waals surface area (Å²) in [5.41, 5.74) is 2.78. The van der Waals surface area contributed by atoms with Gasteiger partial charge in [0, 0.05) is 22.7 Å². The molecule has 8 nitrogen and oxygen atoms in total. The lowest BCUT2D eigenvalue weighted by Gasteiger charge is -2.13. The van der Waals surface area contributed by atoms with Crippen molar-refractivity contribution < 1.29 is 19.3 Å². The first kappa shape index (κ1) is 18.6. The molecule has 0 bridgehead atoms. The number of nitro benzene ring substituents is 1. The minimum absolute atomic E-state index is 0.0707. The molecule has 0 aliphatic carbocycles. The Morgan fingerprint density at radius 2 is 1.74 bits per heavy atom. The van der Waals surface area contributed by atoms with E-state index in [4.69, 9.17) is 11.6 Å². The first-order valence-corrected chi connectivity index (χ1v) is 8.63. The van der Waals surface area contributed by atoms with Crippen LogP contribution in [-0.4, -0.2) is 27.0 Å². The molecule has 1 aliphatic heterocycles. The van der Waals surface area contributed by atoms with Crippen molar-refractivity contribution in [3.05, 3.63) is 79.7 Å². The number of carbonyl (C=O) groups excluding carboxylic acids is 3. The Bertz CT molecular complexity index is 973. The molecule has 3 amide bonds. The maximum atomic E-state index is 12.4. The molecule has 1 fully saturated rings. The number of thioether (sulfide) groups is 1. The summed E-state index contributed by atoms with van der Waals surface area (Å²) in [4.78, 5) is 46.8. The van der Waals surface area contributed by atoms with Crippen LogP contribution in [-0.2, 0) is 4.79 Å². The molecule has 1 N–H and O–H groups in total. The maximum absolute atomic E-state index is 12.4. The number of halogens is 1. The Kier molecular flexibility index (Phi) is 5.24. The van der Waals surface area contributed by atoms with Crippen LogP contribution in [0.1, 0.15) is 15.9 Å². The van der Waals surface area contributed by atoms with E-state index in [1.807, 2.05) is 0 Å². The molecule has 1 heterocycles. The molecule has 136 valence electrons. The largest absolute Gasteiger partial charge is 0.312 e. The number of nitrogens with zero attached hydrogens (tertiary/aromatic N) is 2. The fourth-order valence-electron chi connectivity index (χ4n) is 2.18. The van der Waals surface area contributed by atoms with Crippen LogP contribution in [0.4, 0.5) is 10.5 Å². The van der Waals surface area contributed by atoms with Crippen LogP contribution in [0.5, 0.6) is 0 Å². The van der Waals surface area contributed by atoms with Crippen LogP contribution in [0, 0.1) is 10.1 Å². The van der Waals surface area contributed by atoms with Crippen LogP contribution in [0.15, 0.2) is 53.4 Å². The highest BCUT2D eigenvalue weighted by Gasteiger charge is 2.36. The molecule has 0 radical (unpaired) electrons. The van der Waals surface area contributed by atoms with Gasteiger partial charge in [0.2, 0.25) is 0 Å². The molecule has 3 rings (SSSR count). The number of hydrazine groups is 1. The molecule has 10 heteroatoms. The lowest BCUT2D eigenvalue weighted by Crippen LogP contribution is -2.44. The number of amides is 3. The summed E-state index contributed by atoms with van der Waals surface area (Å²) in [5, 5.41) is 11.1. The molecule has 0 spiro atoms. The van der Waals surface area contributed by atoms with Crippen molar-refractivity contribution in [2.75, 3.05) is 0 Å². The normalized spacial score (nSPS) is 15.3. The van der Waals surface area contributed by atoms with Crippen molar-refractivity contribution >= 4 is 52.2 Å². The van der Waals surface area contributed by atoms with Gasteiger partial charge in [0.15, 0.2) is 0 Å². The second-order valence-corrected chi connectivity index (χ2v) is 6.74. The first-order chi connectivity index (χ1) is 12.8. The van der Waals surface area contributed by atoms with Crippen molar-refractivity contribution in [3.63, 3.8) is 0 Å². The van der Waals surface area contributed by atoms with Gasteiger partial charge in [-0.3, -0.25) is 29.9 Å². The van der Waals surface area contributed by atoms with Gasteiger partial charge in [-0.2, -0.15) is 5.01 Å². The zero-order valence-electron chi connectivity index (χ0n) is 13.4. The number of rotatable bonds is 4. The Balaban J connectivity index is 1.74. The second-order valence-electron chi connectivity index (χ2n) is 5.31. The number of nitrogens with one attached hydrogen (secondary N) is 1. The zero-order chi connectivity index (χ0) is 19.6. The molecule has 1 aliphatic rings. The van der Waals surface area contributed by atoms with E-state index in [9.17, 15) is 24.5 Å². The average Bonchev–Trinajstić information content (AvgIpc) is 2.91. The van der Waals surface area contributed by atoms with Gasteiger partial charge >= 0.3 is 5.24 Å². The van der Waals surface area contributed by atoms with Crippen molar-refractivity contribution in [2.45, 2.75) is 0 Å². The second kappa shape index (κ2) is 7.60. The number of non-ortho nitro benzene ring substituents is 1. The summed E-state index contributed by atoms with van der Waals surface area (Å²) in [6, 6.07) is 11.4. The molecule has 0 aromatic heterocycles. The van der Waals surface area contributed by atoms with E-state index in [2.05, 4.69) is 5.43 Å². The fourth-order valence-corrected chi connectivity index (χ4v) is 3.08. The minimum Gasteiger partial charge on any atom is -0.267 e. The average molecular weight is 404 g/mol. The number of imide groups is 1. The zero-order valence-corrected chi connectivity index (χ0v) is 15.0. The third-order valence-corrected chi connectivity index (χ3v) is 4.64. The Morgan fingerprint density at radius 3 is 2.33 bits per heavy atom. The molecule has 2 aromatic rings. The number of hydrogen-bond donors (Lipinski definition) is 1. The predicted molar refractivity (Wildman–Crippen MR) is 99.8 cm³/mol. The highest BCUT2D eigenvalue weighted by Crippen LogP contribution is 2.31. The molecule has 0 saturated carbocycles. The van der Waals surface area contributed by atoms with Crippen LogP contribution in [0.3, 0.4) is 0 Å². The summed E-state index contributed by atoms with van der Waals surface area (Å²) in [6.45, 7) is 0. The van der Waals surface area contributed by atoms with E-state index in [1.165, 1.54) is 18.2 Å². The summed E-state index contributed by atoms with van der Waals surface area (Å²) in [6.07, 6.45) is 1.51. The van der Waals surface area contributed by atoms with E-state index in [-0.39, 0.29) is 16.2 Å². The van der Waals surface area contributed by atoms with Crippen molar-refractivity contribution in [1.29, 1.82) is 0 Å². The van der Waals surface area contributed by atoms with Gasteiger partial charge in [-0.05, 0) is 47.7 Å². The molecule has 1 saturated heterocycles. The first-order valence-electron chi connectivity index (χ1n) is 7.44. The van der Waals surface area contributed by atoms with Crippen molar-refractivity contribution in [2.24, 2.45) is 0 Å². The summed E-state index contributed by atoms with van der Waals surface area (Å²) in [7, 11) is 0. The summed E-state index contributed by atoms with van der Waals surface area (Å²) >= 11 is 6.49. The van der Waals surface area contributed by atoms with Gasteiger partial charge in [0.05, 0.1) is 9.83 Å². The van der Waals surface area contributed by atoms with E-state index in [1.54, 1.807) is 24.3 Å². The van der Waals surface area contributed by atoms with E-state index >= 15 is 0 Å². The highest BCUT2D eigenvalue weighted by atomic mass is 35.5. The Morgan fingerprint density at radius 1 is 1.11 bits per heavy atom. The summed E-state index contributed by atoms with van der Waals surface area (Å²) in [5.74, 6) is -1.41. The highest BCUT2D eigenvalue weighted by molar-refractivity contribution is 8.18. The van der Waals surface area contributed by atoms with Gasteiger partial charge in [0.25, 0.3) is 17.5 Å². The number of benzene rings is 2. The standard InChI is InChI=1S/C17H10ClN3O5S/c18-12-5-1-10(2-6-12)9-14-16(23)20(17(24)27-14)19-15(22)11-3-7-13(8-4-11)21(25)26/h1-9H,(H,19,22)/b14-9-. The van der Waals surface area contributed by atoms with Crippen LogP contribution in [0.2, 0.25) is 5.02 Å². The van der Waals surface area contributed by atoms with Gasteiger partial charge in [0.1, 0.15) is 0 Å². The smallest absolute Gasteiger partial charge is 0.267 e.